The molecule has 0 aliphatic heterocycles. The van der Waals surface area contributed by atoms with Crippen molar-refractivity contribution < 1.29 is 28.8 Å². The fraction of sp³-hybridized carbons (Fsp3) is 0.350. The number of carbonyl (C=O) groups is 1. The van der Waals surface area contributed by atoms with Crippen LogP contribution in [0.1, 0.15) is 20.8 Å². The van der Waals surface area contributed by atoms with Crippen LogP contribution < -0.4 is 19.5 Å². The van der Waals surface area contributed by atoms with Crippen molar-refractivity contribution in [3.8, 4) is 23.0 Å². The van der Waals surface area contributed by atoms with Crippen molar-refractivity contribution in [1.29, 1.82) is 0 Å². The molecule has 0 heterocycles. The molecule has 9 nitrogen and oxygen atoms in total. The summed E-state index contributed by atoms with van der Waals surface area (Å²) >= 11 is 0. The van der Waals surface area contributed by atoms with Gasteiger partial charge < -0.3 is 24.1 Å². The largest absolute Gasteiger partial charge is 0.508 e. The predicted octanol–water partition coefficient (Wildman–Crippen LogP) is 5.18. The molecule has 0 unspecified atom stereocenters. The molecule has 0 fully saturated rings. The second-order valence-corrected chi connectivity index (χ2v) is 6.91. The number of phenols is 1. The summed E-state index contributed by atoms with van der Waals surface area (Å²) in [6.45, 7) is 5.25. The van der Waals surface area contributed by atoms with Gasteiger partial charge in [-0.25, -0.2) is 4.79 Å². The predicted molar refractivity (Wildman–Crippen MR) is 108 cm³/mol. The summed E-state index contributed by atoms with van der Waals surface area (Å²) in [5.74, 6) is 1.26. The Hall–Kier alpha value is -3.49. The first-order valence-electron chi connectivity index (χ1n) is 8.71. The van der Waals surface area contributed by atoms with E-state index in [2.05, 4.69) is 15.5 Å². The molecule has 0 radical (unpaired) electrons. The minimum absolute atomic E-state index is 0.0391. The summed E-state index contributed by atoms with van der Waals surface area (Å²) in [5, 5.41) is 20.7. The molecule has 0 aliphatic rings. The van der Waals surface area contributed by atoms with E-state index in [4.69, 9.17) is 18.9 Å². The van der Waals surface area contributed by atoms with Gasteiger partial charge in [0.1, 0.15) is 17.0 Å². The number of benzene rings is 2. The van der Waals surface area contributed by atoms with Crippen molar-refractivity contribution in [2.75, 3.05) is 26.6 Å². The molecule has 156 valence electrons. The van der Waals surface area contributed by atoms with E-state index in [0.29, 0.717) is 28.6 Å². The molecule has 1 amide bonds. The Morgan fingerprint density at radius 3 is 2.10 bits per heavy atom. The van der Waals surface area contributed by atoms with Crippen molar-refractivity contribution in [1.82, 2.24) is 0 Å². The molecular formula is C20H25N3O6. The van der Waals surface area contributed by atoms with E-state index in [-0.39, 0.29) is 11.4 Å². The molecule has 0 spiro atoms. The van der Waals surface area contributed by atoms with Crippen LogP contribution in [0, 0.1) is 0 Å². The topological polar surface area (TPSA) is 111 Å². The van der Waals surface area contributed by atoms with Crippen LogP contribution in [-0.4, -0.2) is 38.1 Å². The third-order valence-electron chi connectivity index (χ3n) is 3.54. The Morgan fingerprint density at radius 2 is 1.59 bits per heavy atom. The Bertz CT molecular complexity index is 881. The summed E-state index contributed by atoms with van der Waals surface area (Å²) < 4.78 is 21.1. The first-order chi connectivity index (χ1) is 13.7. The first-order valence-corrected chi connectivity index (χ1v) is 8.71. The molecule has 0 bridgehead atoms. The zero-order valence-electron chi connectivity index (χ0n) is 17.3. The van der Waals surface area contributed by atoms with E-state index in [1.165, 1.54) is 39.5 Å². The monoisotopic (exact) mass is 403 g/mol. The molecule has 2 N–H and O–H groups in total. The number of azo groups is 1. The second-order valence-electron chi connectivity index (χ2n) is 6.91. The lowest BCUT2D eigenvalue weighted by atomic mass is 10.2. The smallest absolute Gasteiger partial charge is 0.412 e. The summed E-state index contributed by atoms with van der Waals surface area (Å²) in [7, 11) is 4.51. The van der Waals surface area contributed by atoms with E-state index >= 15 is 0 Å². The molecule has 0 atom stereocenters. The van der Waals surface area contributed by atoms with E-state index in [1.807, 2.05) is 0 Å². The standard InChI is InChI=1S/C20H25N3O6/c1-20(2,3)29-19(25)21-15-11-13(24)7-8-14(15)23-22-12-9-16(26-4)18(28-6)17(10-12)27-5/h7-11,24H,1-6H3,(H,21,25). The zero-order chi connectivity index (χ0) is 21.6. The van der Waals surface area contributed by atoms with Gasteiger partial charge in [-0.15, -0.1) is 5.11 Å². The Kier molecular flexibility index (Phi) is 6.87. The van der Waals surface area contributed by atoms with Crippen LogP contribution in [0.2, 0.25) is 0 Å². The zero-order valence-corrected chi connectivity index (χ0v) is 17.3. The van der Waals surface area contributed by atoms with Crippen molar-refractivity contribution in [3.05, 3.63) is 30.3 Å². The van der Waals surface area contributed by atoms with Gasteiger partial charge in [-0.05, 0) is 32.9 Å². The van der Waals surface area contributed by atoms with E-state index < -0.39 is 11.7 Å². The highest BCUT2D eigenvalue weighted by Crippen LogP contribution is 2.41. The maximum atomic E-state index is 12.1. The maximum absolute atomic E-state index is 12.1. The van der Waals surface area contributed by atoms with Crippen LogP contribution in [0.4, 0.5) is 21.9 Å². The number of ether oxygens (including phenoxy) is 4. The molecule has 2 rings (SSSR count). The quantitative estimate of drug-likeness (QED) is 0.643. The minimum Gasteiger partial charge on any atom is -0.508 e. The Balaban J connectivity index is 2.34. The molecule has 0 saturated heterocycles. The van der Waals surface area contributed by atoms with Gasteiger partial charge in [-0.3, -0.25) is 5.32 Å². The number of carbonyl (C=O) groups excluding carboxylic acids is 1. The summed E-state index contributed by atoms with van der Waals surface area (Å²) in [6, 6.07) is 7.57. The van der Waals surface area contributed by atoms with Crippen LogP contribution >= 0.6 is 0 Å². The van der Waals surface area contributed by atoms with Gasteiger partial charge in [0.05, 0.1) is 32.7 Å². The number of hydrogen-bond donors (Lipinski definition) is 2. The summed E-state index contributed by atoms with van der Waals surface area (Å²) in [4.78, 5) is 12.1. The normalized spacial score (nSPS) is 11.2. The van der Waals surface area contributed by atoms with E-state index in [1.54, 1.807) is 32.9 Å². The van der Waals surface area contributed by atoms with Gasteiger partial charge in [0.2, 0.25) is 5.75 Å². The SMILES string of the molecule is COc1cc(N=Nc2ccc(O)cc2NC(=O)OC(C)(C)C)cc(OC)c1OC. The first kappa shape index (κ1) is 21.8. The number of anilines is 1. The molecule has 0 aliphatic carbocycles. The Labute approximate surface area is 169 Å². The molecule has 0 aromatic heterocycles. The van der Waals surface area contributed by atoms with Gasteiger partial charge in [-0.2, -0.15) is 5.11 Å². The minimum atomic E-state index is -0.674. The van der Waals surface area contributed by atoms with Crippen LogP contribution in [0.25, 0.3) is 0 Å². The van der Waals surface area contributed by atoms with E-state index in [0.717, 1.165) is 0 Å². The van der Waals surface area contributed by atoms with Crippen molar-refractivity contribution in [2.24, 2.45) is 10.2 Å². The molecule has 29 heavy (non-hydrogen) atoms. The molecular weight excluding hydrogens is 378 g/mol. The molecule has 0 saturated carbocycles. The van der Waals surface area contributed by atoms with Gasteiger partial charge in [0.25, 0.3) is 0 Å². The number of rotatable bonds is 6. The molecule has 9 heteroatoms. The number of nitrogens with one attached hydrogen (secondary N) is 1. The fourth-order valence-electron chi connectivity index (χ4n) is 2.36. The number of amides is 1. The third-order valence-corrected chi connectivity index (χ3v) is 3.54. The highest BCUT2D eigenvalue weighted by Gasteiger charge is 2.18. The fourth-order valence-corrected chi connectivity index (χ4v) is 2.36. The van der Waals surface area contributed by atoms with Gasteiger partial charge in [0.15, 0.2) is 11.5 Å². The number of aromatic hydroxyl groups is 1. The van der Waals surface area contributed by atoms with Crippen molar-refractivity contribution >= 4 is 23.2 Å². The van der Waals surface area contributed by atoms with Gasteiger partial charge in [-0.1, -0.05) is 0 Å². The lowest BCUT2D eigenvalue weighted by Gasteiger charge is -2.20. The van der Waals surface area contributed by atoms with E-state index in [9.17, 15) is 9.90 Å². The average Bonchev–Trinajstić information content (AvgIpc) is 2.64. The van der Waals surface area contributed by atoms with Gasteiger partial charge >= 0.3 is 6.09 Å². The lowest BCUT2D eigenvalue weighted by molar-refractivity contribution is 0.0636. The van der Waals surface area contributed by atoms with Crippen LogP contribution in [0.5, 0.6) is 23.0 Å². The van der Waals surface area contributed by atoms with Crippen LogP contribution in [0.15, 0.2) is 40.6 Å². The van der Waals surface area contributed by atoms with Crippen LogP contribution in [0.3, 0.4) is 0 Å². The van der Waals surface area contributed by atoms with Crippen molar-refractivity contribution in [2.45, 2.75) is 26.4 Å². The highest BCUT2D eigenvalue weighted by atomic mass is 16.6. The molecule has 2 aromatic rings. The second kappa shape index (κ2) is 9.13. The summed E-state index contributed by atoms with van der Waals surface area (Å²) in [6.07, 6.45) is -0.674. The number of methoxy groups -OCH3 is 3. The number of phenolic OH excluding ortho intramolecular Hbond substituents is 1. The highest BCUT2D eigenvalue weighted by molar-refractivity contribution is 5.89. The average molecular weight is 403 g/mol. The van der Waals surface area contributed by atoms with Crippen LogP contribution in [-0.2, 0) is 4.74 Å². The summed E-state index contributed by atoms with van der Waals surface area (Å²) in [5.41, 5.74) is 0.340. The number of nitrogens with zero attached hydrogens (tertiary/aromatic N) is 2. The maximum Gasteiger partial charge on any atom is 0.412 e. The van der Waals surface area contributed by atoms with Gasteiger partial charge in [0, 0.05) is 18.2 Å². The molecule has 2 aromatic carbocycles. The Morgan fingerprint density at radius 1 is 0.966 bits per heavy atom. The lowest BCUT2D eigenvalue weighted by Crippen LogP contribution is -2.27. The number of hydrogen-bond acceptors (Lipinski definition) is 8. The third kappa shape index (κ3) is 6.00. The van der Waals surface area contributed by atoms with Crippen molar-refractivity contribution in [3.63, 3.8) is 0 Å².